The molecule has 0 unspecified atom stereocenters. The van der Waals surface area contributed by atoms with E-state index in [-0.39, 0.29) is 23.2 Å². The number of carbonyl (C=O) groups excluding carboxylic acids is 1. The molecule has 1 atom stereocenters. The van der Waals surface area contributed by atoms with E-state index < -0.39 is 12.1 Å². The quantitative estimate of drug-likeness (QED) is 0.646. The number of aromatic nitrogens is 2. The fourth-order valence-corrected chi connectivity index (χ4v) is 4.24. The number of phenols is 1. The van der Waals surface area contributed by atoms with Crippen molar-refractivity contribution in [1.82, 2.24) is 14.9 Å². The second-order valence-corrected chi connectivity index (χ2v) is 8.33. The maximum absolute atomic E-state index is 14.6. The van der Waals surface area contributed by atoms with Crippen LogP contribution in [0.4, 0.5) is 15.0 Å². The van der Waals surface area contributed by atoms with Crippen LogP contribution in [-0.4, -0.2) is 65.1 Å². The SMILES string of the molecule is Cc1ccc2c(N3CCN(C(=O)O[C@H]4CCCO4)CC3)nc(-c3c(O)cccc3F)nc2c1. The molecule has 1 N–H and O–H groups in total. The van der Waals surface area contributed by atoms with Crippen molar-refractivity contribution in [3.05, 3.63) is 47.8 Å². The second kappa shape index (κ2) is 8.82. The number of amides is 1. The van der Waals surface area contributed by atoms with E-state index in [9.17, 15) is 14.3 Å². The van der Waals surface area contributed by atoms with Crippen molar-refractivity contribution in [2.24, 2.45) is 0 Å². The Balaban J connectivity index is 1.43. The van der Waals surface area contributed by atoms with E-state index in [1.54, 1.807) is 4.90 Å². The highest BCUT2D eigenvalue weighted by molar-refractivity contribution is 5.92. The van der Waals surface area contributed by atoms with Gasteiger partial charge in [0.2, 0.25) is 6.29 Å². The van der Waals surface area contributed by atoms with E-state index in [2.05, 4.69) is 14.9 Å². The Kier molecular flexibility index (Phi) is 5.72. The molecule has 2 aliphatic rings. The number of piperazine rings is 1. The summed E-state index contributed by atoms with van der Waals surface area (Å²) in [4.78, 5) is 25.4. The maximum atomic E-state index is 14.6. The zero-order valence-corrected chi connectivity index (χ0v) is 18.3. The first kappa shape index (κ1) is 21.4. The van der Waals surface area contributed by atoms with Crippen molar-refractivity contribution in [2.75, 3.05) is 37.7 Å². The number of halogens is 1. The summed E-state index contributed by atoms with van der Waals surface area (Å²) in [5.41, 5.74) is 1.65. The third kappa shape index (κ3) is 4.28. The molecule has 1 amide bonds. The molecule has 0 aliphatic carbocycles. The van der Waals surface area contributed by atoms with Gasteiger partial charge in [-0.3, -0.25) is 0 Å². The minimum absolute atomic E-state index is 0.0269. The molecular weight excluding hydrogens is 427 g/mol. The highest BCUT2D eigenvalue weighted by Gasteiger charge is 2.28. The molecule has 0 radical (unpaired) electrons. The number of rotatable bonds is 3. The predicted molar refractivity (Wildman–Crippen MR) is 121 cm³/mol. The molecule has 172 valence electrons. The van der Waals surface area contributed by atoms with Crippen molar-refractivity contribution in [2.45, 2.75) is 26.1 Å². The Bertz CT molecular complexity index is 1170. The Hall–Kier alpha value is -3.46. The Labute approximate surface area is 190 Å². The minimum Gasteiger partial charge on any atom is -0.507 e. The molecule has 3 aromatic rings. The second-order valence-electron chi connectivity index (χ2n) is 8.33. The molecule has 0 bridgehead atoms. The van der Waals surface area contributed by atoms with Crippen molar-refractivity contribution < 1.29 is 23.8 Å². The van der Waals surface area contributed by atoms with Gasteiger partial charge in [-0.15, -0.1) is 0 Å². The number of benzene rings is 2. The topological polar surface area (TPSA) is 88.0 Å². The molecule has 0 spiro atoms. The standard InChI is InChI=1S/C24H25FN4O4/c1-15-7-8-16-18(14-15)26-22(21-17(25)4-2-5-19(21)30)27-23(16)28-9-11-29(12-10-28)24(31)33-20-6-3-13-32-20/h2,4-5,7-8,14,20,30H,3,6,9-13H2,1H3/t20-/m0/s1. The van der Waals surface area contributed by atoms with E-state index in [1.807, 2.05) is 25.1 Å². The van der Waals surface area contributed by atoms with Crippen LogP contribution in [0, 0.1) is 12.7 Å². The number of nitrogens with zero attached hydrogens (tertiary/aromatic N) is 4. The highest BCUT2D eigenvalue weighted by atomic mass is 19.1. The summed E-state index contributed by atoms with van der Waals surface area (Å²) in [5, 5.41) is 11.1. The summed E-state index contributed by atoms with van der Waals surface area (Å²) in [7, 11) is 0. The van der Waals surface area contributed by atoms with Crippen molar-refractivity contribution in [1.29, 1.82) is 0 Å². The molecule has 2 aliphatic heterocycles. The number of ether oxygens (including phenoxy) is 2. The number of phenolic OH excluding ortho intramolecular Hbond substituents is 1. The molecule has 2 fully saturated rings. The summed E-state index contributed by atoms with van der Waals surface area (Å²) >= 11 is 0. The number of fused-ring (bicyclic) bond motifs is 1. The van der Waals surface area contributed by atoms with Crippen molar-refractivity contribution >= 4 is 22.8 Å². The van der Waals surface area contributed by atoms with Crippen LogP contribution >= 0.6 is 0 Å². The molecule has 9 heteroatoms. The largest absolute Gasteiger partial charge is 0.507 e. The third-order valence-electron chi connectivity index (χ3n) is 6.01. The van der Waals surface area contributed by atoms with Crippen LogP contribution in [0.5, 0.6) is 5.75 Å². The molecule has 0 saturated carbocycles. The van der Waals surface area contributed by atoms with Crippen LogP contribution in [0.25, 0.3) is 22.3 Å². The molecule has 33 heavy (non-hydrogen) atoms. The maximum Gasteiger partial charge on any atom is 0.412 e. The van der Waals surface area contributed by atoms with Crippen molar-refractivity contribution in [3.8, 4) is 17.1 Å². The van der Waals surface area contributed by atoms with Gasteiger partial charge in [0.05, 0.1) is 17.7 Å². The van der Waals surface area contributed by atoms with Crippen LogP contribution in [-0.2, 0) is 9.47 Å². The van der Waals surface area contributed by atoms with E-state index in [0.717, 1.165) is 23.8 Å². The van der Waals surface area contributed by atoms with E-state index in [0.29, 0.717) is 44.1 Å². The zero-order chi connectivity index (χ0) is 22.9. The molecule has 2 saturated heterocycles. The van der Waals surface area contributed by atoms with Gasteiger partial charge in [0.25, 0.3) is 0 Å². The number of aromatic hydroxyl groups is 1. The number of anilines is 1. The van der Waals surface area contributed by atoms with Gasteiger partial charge in [-0.05, 0) is 43.2 Å². The van der Waals surface area contributed by atoms with E-state index in [1.165, 1.54) is 18.2 Å². The predicted octanol–water partition coefficient (Wildman–Crippen LogP) is 3.85. The first-order chi connectivity index (χ1) is 16.0. The Morgan fingerprint density at radius 3 is 2.73 bits per heavy atom. The van der Waals surface area contributed by atoms with Crippen LogP contribution in [0.1, 0.15) is 18.4 Å². The number of hydrogen-bond donors (Lipinski definition) is 1. The molecule has 5 rings (SSSR count). The lowest BCUT2D eigenvalue weighted by molar-refractivity contribution is -0.0783. The Morgan fingerprint density at radius 2 is 2.00 bits per heavy atom. The fourth-order valence-electron chi connectivity index (χ4n) is 4.24. The van der Waals surface area contributed by atoms with E-state index >= 15 is 0 Å². The fraction of sp³-hybridized carbons (Fsp3) is 0.375. The third-order valence-corrected chi connectivity index (χ3v) is 6.01. The number of hydrogen-bond acceptors (Lipinski definition) is 7. The van der Waals surface area contributed by atoms with Gasteiger partial charge in [-0.2, -0.15) is 0 Å². The van der Waals surface area contributed by atoms with Gasteiger partial charge < -0.3 is 24.4 Å². The summed E-state index contributed by atoms with van der Waals surface area (Å²) in [6.07, 6.45) is 0.789. The number of aryl methyl sites for hydroxylation is 1. The summed E-state index contributed by atoms with van der Waals surface area (Å²) in [6.45, 7) is 4.56. The lowest BCUT2D eigenvalue weighted by Crippen LogP contribution is -2.49. The normalized spacial score (nSPS) is 18.7. The molecule has 3 heterocycles. The Morgan fingerprint density at radius 1 is 1.18 bits per heavy atom. The van der Waals surface area contributed by atoms with Gasteiger partial charge in [0.15, 0.2) is 5.82 Å². The van der Waals surface area contributed by atoms with Crippen LogP contribution < -0.4 is 4.90 Å². The average Bonchev–Trinajstić information content (AvgIpc) is 3.31. The highest BCUT2D eigenvalue weighted by Crippen LogP contribution is 2.34. The van der Waals surface area contributed by atoms with E-state index in [4.69, 9.17) is 9.47 Å². The lowest BCUT2D eigenvalue weighted by Gasteiger charge is -2.35. The first-order valence-electron chi connectivity index (χ1n) is 11.1. The monoisotopic (exact) mass is 452 g/mol. The van der Waals surface area contributed by atoms with Crippen molar-refractivity contribution in [3.63, 3.8) is 0 Å². The molecule has 2 aromatic carbocycles. The minimum atomic E-state index is -0.588. The van der Waals surface area contributed by atoms with Crippen LogP contribution in [0.2, 0.25) is 0 Å². The van der Waals surface area contributed by atoms with Gasteiger partial charge >= 0.3 is 6.09 Å². The van der Waals surface area contributed by atoms with Gasteiger partial charge in [0.1, 0.15) is 17.4 Å². The molecular formula is C24H25FN4O4. The lowest BCUT2D eigenvalue weighted by atomic mass is 10.1. The van der Waals surface area contributed by atoms with Crippen LogP contribution in [0.15, 0.2) is 36.4 Å². The van der Waals surface area contributed by atoms with Gasteiger partial charge in [-0.25, -0.2) is 19.2 Å². The smallest absolute Gasteiger partial charge is 0.412 e. The number of carbonyl (C=O) groups is 1. The summed E-state index contributed by atoms with van der Waals surface area (Å²) in [6, 6.07) is 9.97. The van der Waals surface area contributed by atoms with Gasteiger partial charge in [-0.1, -0.05) is 12.1 Å². The molecule has 1 aromatic heterocycles. The zero-order valence-electron chi connectivity index (χ0n) is 18.3. The molecule has 8 nitrogen and oxygen atoms in total. The summed E-state index contributed by atoms with van der Waals surface area (Å²) < 4.78 is 25.4. The van der Waals surface area contributed by atoms with Gasteiger partial charge in [0, 0.05) is 38.0 Å². The van der Waals surface area contributed by atoms with Crippen LogP contribution in [0.3, 0.4) is 0 Å². The average molecular weight is 452 g/mol. The summed E-state index contributed by atoms with van der Waals surface area (Å²) in [5.74, 6) is -0.0342. The first-order valence-corrected chi connectivity index (χ1v) is 11.1.